The first-order valence-corrected chi connectivity index (χ1v) is 12.2. The lowest BCUT2D eigenvalue weighted by Crippen LogP contribution is -2.39. The average Bonchev–Trinajstić information content (AvgIpc) is 3.42. The van der Waals surface area contributed by atoms with Crippen LogP contribution in [0.4, 0.5) is 0 Å². The molecule has 3 heterocycles. The number of rotatable bonds is 4. The number of aromatic nitrogens is 1. The van der Waals surface area contributed by atoms with Crippen molar-refractivity contribution in [3.8, 4) is 0 Å². The zero-order valence-corrected chi connectivity index (χ0v) is 19.7. The predicted molar refractivity (Wildman–Crippen MR) is 132 cm³/mol. The van der Waals surface area contributed by atoms with Crippen molar-refractivity contribution >= 4 is 50.2 Å². The maximum atomic E-state index is 13.3. The highest BCUT2D eigenvalue weighted by Gasteiger charge is 2.34. The molecule has 5 rings (SSSR count). The van der Waals surface area contributed by atoms with Crippen LogP contribution in [-0.2, 0) is 17.6 Å². The predicted octanol–water partition coefficient (Wildman–Crippen LogP) is 6.74. The summed E-state index contributed by atoms with van der Waals surface area (Å²) in [5.74, 6) is 0.0451. The quantitative estimate of drug-likeness (QED) is 0.315. The molecule has 1 atom stereocenters. The van der Waals surface area contributed by atoms with E-state index in [1.165, 1.54) is 20.7 Å². The molecule has 1 N–H and O–H groups in total. The number of para-hydroxylation sites is 1. The summed E-state index contributed by atoms with van der Waals surface area (Å²) in [5.41, 5.74) is 4.65. The van der Waals surface area contributed by atoms with E-state index in [-0.39, 0.29) is 11.9 Å². The minimum atomic E-state index is -0.0801. The molecule has 0 aliphatic carbocycles. The van der Waals surface area contributed by atoms with Gasteiger partial charge in [0.2, 0.25) is 5.91 Å². The summed E-state index contributed by atoms with van der Waals surface area (Å²) < 4.78 is 1.03. The maximum Gasteiger partial charge on any atom is 0.247 e. The molecule has 4 aromatic rings. The van der Waals surface area contributed by atoms with Crippen molar-refractivity contribution in [2.45, 2.75) is 25.8 Å². The first kappa shape index (κ1) is 20.3. The van der Waals surface area contributed by atoms with E-state index in [4.69, 9.17) is 0 Å². The molecule has 2 aromatic carbocycles. The number of nitrogens with one attached hydrogen (secondary N) is 1. The van der Waals surface area contributed by atoms with Gasteiger partial charge in [-0.3, -0.25) is 4.79 Å². The van der Waals surface area contributed by atoms with Gasteiger partial charge >= 0.3 is 0 Å². The Kier molecular flexibility index (Phi) is 5.55. The second kappa shape index (κ2) is 8.48. The highest BCUT2D eigenvalue weighted by molar-refractivity contribution is 9.10. The van der Waals surface area contributed by atoms with Crippen LogP contribution >= 0.6 is 27.3 Å². The van der Waals surface area contributed by atoms with Crippen LogP contribution in [0.1, 0.15) is 39.5 Å². The number of aromatic amines is 1. The number of aryl methyl sites for hydroxylation is 1. The number of carbonyl (C=O) groups is 1. The fourth-order valence-corrected chi connectivity index (χ4v) is 5.68. The third-order valence-electron chi connectivity index (χ3n) is 5.91. The molecule has 2 aromatic heterocycles. The van der Waals surface area contributed by atoms with Gasteiger partial charge in [0.15, 0.2) is 0 Å². The number of nitrogens with zero attached hydrogens (tertiary/aromatic N) is 1. The molecular formula is C26H23BrN2OS. The van der Waals surface area contributed by atoms with Gasteiger partial charge < -0.3 is 9.88 Å². The summed E-state index contributed by atoms with van der Waals surface area (Å²) in [5, 5.41) is 1.27. The Labute approximate surface area is 194 Å². The van der Waals surface area contributed by atoms with Gasteiger partial charge in [0.25, 0.3) is 0 Å². The van der Waals surface area contributed by atoms with E-state index >= 15 is 0 Å². The minimum absolute atomic E-state index is 0.0451. The lowest BCUT2D eigenvalue weighted by molar-refractivity contribution is -0.127. The highest BCUT2D eigenvalue weighted by Crippen LogP contribution is 2.41. The van der Waals surface area contributed by atoms with Crippen molar-refractivity contribution in [2.24, 2.45) is 0 Å². The van der Waals surface area contributed by atoms with E-state index in [0.717, 1.165) is 34.1 Å². The van der Waals surface area contributed by atoms with E-state index < -0.39 is 0 Å². The van der Waals surface area contributed by atoms with Crippen molar-refractivity contribution in [1.82, 2.24) is 9.88 Å². The molecular weight excluding hydrogens is 468 g/mol. The lowest BCUT2D eigenvalue weighted by atomic mass is 9.96. The molecule has 31 heavy (non-hydrogen) atoms. The van der Waals surface area contributed by atoms with Crippen LogP contribution < -0.4 is 0 Å². The number of H-pyrrole nitrogens is 1. The van der Waals surface area contributed by atoms with Gasteiger partial charge in [0.05, 0.1) is 0 Å². The number of thiophene rings is 1. The normalized spacial score (nSPS) is 16.2. The van der Waals surface area contributed by atoms with Gasteiger partial charge in [-0.25, -0.2) is 0 Å². The SMILES string of the molecule is CCc1ccc(C2c3[nH]c4ccccc4c3CCN2C(=O)/C=C/c2ccc(Br)cc2)s1. The van der Waals surface area contributed by atoms with E-state index in [1.54, 1.807) is 17.4 Å². The molecule has 0 saturated carbocycles. The number of halogens is 1. The summed E-state index contributed by atoms with van der Waals surface area (Å²) in [6, 6.07) is 20.7. The van der Waals surface area contributed by atoms with Crippen LogP contribution in [-0.4, -0.2) is 22.3 Å². The summed E-state index contributed by atoms with van der Waals surface area (Å²) in [4.78, 5) is 21.6. The monoisotopic (exact) mass is 490 g/mol. The van der Waals surface area contributed by atoms with E-state index in [0.29, 0.717) is 6.54 Å². The van der Waals surface area contributed by atoms with Crippen molar-refractivity contribution < 1.29 is 4.79 Å². The second-order valence-electron chi connectivity index (χ2n) is 7.79. The van der Waals surface area contributed by atoms with Gasteiger partial charge in [-0.15, -0.1) is 11.3 Å². The van der Waals surface area contributed by atoms with Gasteiger partial charge in [-0.05, 0) is 60.4 Å². The van der Waals surface area contributed by atoms with Crippen LogP contribution in [0.25, 0.3) is 17.0 Å². The highest BCUT2D eigenvalue weighted by atomic mass is 79.9. The zero-order chi connectivity index (χ0) is 21.4. The number of hydrogen-bond donors (Lipinski definition) is 1. The Balaban J connectivity index is 1.54. The van der Waals surface area contributed by atoms with Crippen molar-refractivity contribution in [3.63, 3.8) is 0 Å². The zero-order valence-electron chi connectivity index (χ0n) is 17.3. The van der Waals surface area contributed by atoms with Crippen LogP contribution in [0.3, 0.4) is 0 Å². The molecule has 0 spiro atoms. The summed E-state index contributed by atoms with van der Waals surface area (Å²) >= 11 is 5.26. The van der Waals surface area contributed by atoms with Crippen LogP contribution in [0, 0.1) is 0 Å². The first-order valence-electron chi connectivity index (χ1n) is 10.6. The molecule has 1 unspecified atom stereocenters. The third kappa shape index (κ3) is 3.88. The Morgan fingerprint density at radius 3 is 2.74 bits per heavy atom. The van der Waals surface area contributed by atoms with E-state index in [1.807, 2.05) is 35.2 Å². The minimum Gasteiger partial charge on any atom is -0.356 e. The van der Waals surface area contributed by atoms with E-state index in [2.05, 4.69) is 64.2 Å². The Morgan fingerprint density at radius 1 is 1.16 bits per heavy atom. The van der Waals surface area contributed by atoms with Crippen molar-refractivity contribution in [3.05, 3.63) is 97.8 Å². The van der Waals surface area contributed by atoms with Crippen LogP contribution in [0.5, 0.6) is 0 Å². The van der Waals surface area contributed by atoms with Crippen molar-refractivity contribution in [1.29, 1.82) is 0 Å². The largest absolute Gasteiger partial charge is 0.356 e. The molecule has 3 nitrogen and oxygen atoms in total. The second-order valence-corrected chi connectivity index (χ2v) is 9.91. The van der Waals surface area contributed by atoms with Gasteiger partial charge in [-0.2, -0.15) is 0 Å². The number of carbonyl (C=O) groups excluding carboxylic acids is 1. The standard InChI is InChI=1S/C26H23BrN2OS/c1-2-19-12-13-23(31-19)26-25-21(20-5-3-4-6-22(20)28-25)15-16-29(26)24(30)14-9-17-7-10-18(27)11-8-17/h3-14,26,28H,2,15-16H2,1H3/b14-9+. The molecule has 0 bridgehead atoms. The van der Waals surface area contributed by atoms with E-state index in [9.17, 15) is 4.79 Å². The van der Waals surface area contributed by atoms with Crippen LogP contribution in [0.15, 0.2) is 71.2 Å². The number of amides is 1. The Hall–Kier alpha value is -2.63. The average molecular weight is 491 g/mol. The van der Waals surface area contributed by atoms with Gasteiger partial charge in [0, 0.05) is 43.4 Å². The smallest absolute Gasteiger partial charge is 0.247 e. The number of fused-ring (bicyclic) bond motifs is 3. The third-order valence-corrected chi connectivity index (χ3v) is 7.72. The fraction of sp³-hybridized carbons (Fsp3) is 0.192. The molecule has 1 aliphatic rings. The topological polar surface area (TPSA) is 36.1 Å². The number of benzene rings is 2. The number of hydrogen-bond acceptors (Lipinski definition) is 2. The molecule has 0 fully saturated rings. The first-order chi connectivity index (χ1) is 15.1. The summed E-state index contributed by atoms with van der Waals surface area (Å²) in [6.07, 6.45) is 5.48. The molecule has 156 valence electrons. The Morgan fingerprint density at radius 2 is 1.97 bits per heavy atom. The fourth-order valence-electron chi connectivity index (χ4n) is 4.34. The molecule has 5 heteroatoms. The molecule has 0 saturated heterocycles. The van der Waals surface area contributed by atoms with Gasteiger partial charge in [0.1, 0.15) is 6.04 Å². The molecule has 1 amide bonds. The van der Waals surface area contributed by atoms with Gasteiger partial charge in [-0.1, -0.05) is 53.2 Å². The Bertz CT molecular complexity index is 1270. The maximum absolute atomic E-state index is 13.3. The molecule has 1 aliphatic heterocycles. The van der Waals surface area contributed by atoms with Crippen LogP contribution in [0.2, 0.25) is 0 Å². The summed E-state index contributed by atoms with van der Waals surface area (Å²) in [6.45, 7) is 2.89. The summed E-state index contributed by atoms with van der Waals surface area (Å²) in [7, 11) is 0. The molecule has 0 radical (unpaired) electrons. The lowest BCUT2D eigenvalue weighted by Gasteiger charge is -2.34. The van der Waals surface area contributed by atoms with Crippen molar-refractivity contribution in [2.75, 3.05) is 6.54 Å².